The van der Waals surface area contributed by atoms with Crippen LogP contribution in [0.1, 0.15) is 44.4 Å². The summed E-state index contributed by atoms with van der Waals surface area (Å²) in [6, 6.07) is 10.2. The van der Waals surface area contributed by atoms with Gasteiger partial charge in [-0.25, -0.2) is 4.79 Å². The summed E-state index contributed by atoms with van der Waals surface area (Å²) in [5.41, 5.74) is 7.00. The van der Waals surface area contributed by atoms with E-state index in [0.717, 1.165) is 5.56 Å². The molecule has 1 amide bonds. The zero-order valence-electron chi connectivity index (χ0n) is 17.6. The van der Waals surface area contributed by atoms with Gasteiger partial charge in [-0.1, -0.05) is 18.2 Å². The van der Waals surface area contributed by atoms with E-state index >= 15 is 0 Å². The van der Waals surface area contributed by atoms with Crippen molar-refractivity contribution in [2.45, 2.75) is 51.4 Å². The molecule has 0 radical (unpaired) electrons. The maximum absolute atomic E-state index is 12.6. The van der Waals surface area contributed by atoms with Crippen molar-refractivity contribution in [2.24, 2.45) is 5.73 Å². The number of hydrogen-bond donors (Lipinski definition) is 2. The van der Waals surface area contributed by atoms with Crippen molar-refractivity contribution in [2.75, 3.05) is 5.32 Å². The molecule has 0 spiro atoms. The number of non-ortho nitro benzene ring substituents is 1. The fourth-order valence-electron chi connectivity index (χ4n) is 3.21. The Morgan fingerprint density at radius 3 is 2.77 bits per heavy atom. The number of aryl methyl sites for hydroxylation is 1. The Labute approximate surface area is 179 Å². The summed E-state index contributed by atoms with van der Waals surface area (Å²) in [5.74, 6) is -0.378. The number of nitrogens with one attached hydrogen (secondary N) is 1. The largest absolute Gasteiger partial charge is 0.479 e. The molecule has 2 atom stereocenters. The lowest BCUT2D eigenvalue weighted by Crippen LogP contribution is -2.35. The van der Waals surface area contributed by atoms with Crippen LogP contribution in [0.25, 0.3) is 0 Å². The molecule has 3 rings (SSSR count). The van der Waals surface area contributed by atoms with E-state index in [1.807, 2.05) is 0 Å². The van der Waals surface area contributed by atoms with E-state index in [9.17, 15) is 19.7 Å². The van der Waals surface area contributed by atoms with Crippen molar-refractivity contribution in [1.82, 2.24) is 0 Å². The van der Waals surface area contributed by atoms with Crippen LogP contribution in [0.2, 0.25) is 0 Å². The zero-order chi connectivity index (χ0) is 22.8. The number of amides is 1. The summed E-state index contributed by atoms with van der Waals surface area (Å²) in [5, 5.41) is 13.6. The molecule has 0 bridgehead atoms. The number of esters is 1. The van der Waals surface area contributed by atoms with Crippen molar-refractivity contribution in [3.63, 3.8) is 0 Å². The molecular formula is C22H25N3O6. The number of carbonyl (C=O) groups excluding carboxylic acids is 2. The van der Waals surface area contributed by atoms with Gasteiger partial charge in [0.1, 0.15) is 17.4 Å². The van der Waals surface area contributed by atoms with E-state index in [0.29, 0.717) is 29.8 Å². The average molecular weight is 427 g/mol. The van der Waals surface area contributed by atoms with Gasteiger partial charge in [0.2, 0.25) is 0 Å². The zero-order valence-corrected chi connectivity index (χ0v) is 17.6. The number of ether oxygens (including phenoxy) is 2. The van der Waals surface area contributed by atoms with Crippen LogP contribution in [-0.2, 0) is 20.7 Å². The molecule has 2 unspecified atom stereocenters. The van der Waals surface area contributed by atoms with Crippen LogP contribution >= 0.6 is 0 Å². The van der Waals surface area contributed by atoms with Crippen LogP contribution in [0, 0.1) is 10.1 Å². The first kappa shape index (κ1) is 22.2. The topological polar surface area (TPSA) is 134 Å². The molecule has 9 nitrogen and oxygen atoms in total. The Balaban J connectivity index is 1.63. The number of carbonyl (C=O) groups is 2. The number of nitro benzene ring substituents is 1. The van der Waals surface area contributed by atoms with Crippen LogP contribution in [0.3, 0.4) is 0 Å². The van der Waals surface area contributed by atoms with Crippen LogP contribution in [-0.4, -0.2) is 28.5 Å². The third-order valence-electron chi connectivity index (χ3n) is 5.06. The monoisotopic (exact) mass is 427 g/mol. The highest BCUT2D eigenvalue weighted by molar-refractivity contribution is 5.97. The summed E-state index contributed by atoms with van der Waals surface area (Å²) in [4.78, 5) is 34.9. The second-order valence-electron chi connectivity index (χ2n) is 8.09. The highest BCUT2D eigenvalue weighted by atomic mass is 16.6. The van der Waals surface area contributed by atoms with E-state index in [2.05, 4.69) is 5.32 Å². The smallest absolute Gasteiger partial charge is 0.328 e. The van der Waals surface area contributed by atoms with Gasteiger partial charge in [0, 0.05) is 12.1 Å². The number of anilines is 1. The van der Waals surface area contributed by atoms with Crippen molar-refractivity contribution in [3.8, 4) is 5.75 Å². The van der Waals surface area contributed by atoms with E-state index in [-0.39, 0.29) is 11.6 Å². The lowest BCUT2D eigenvalue weighted by molar-refractivity contribution is -0.384. The molecule has 9 heteroatoms. The summed E-state index contributed by atoms with van der Waals surface area (Å²) in [7, 11) is 0. The molecule has 1 aliphatic heterocycles. The maximum atomic E-state index is 12.6. The summed E-state index contributed by atoms with van der Waals surface area (Å²) < 4.78 is 11.1. The van der Waals surface area contributed by atoms with Crippen molar-refractivity contribution in [3.05, 3.63) is 63.7 Å². The third-order valence-corrected chi connectivity index (χ3v) is 5.06. The second kappa shape index (κ2) is 8.73. The fourth-order valence-corrected chi connectivity index (χ4v) is 3.21. The van der Waals surface area contributed by atoms with Gasteiger partial charge in [-0.15, -0.1) is 0 Å². The van der Waals surface area contributed by atoms with E-state index in [1.54, 1.807) is 51.1 Å². The first-order valence-electron chi connectivity index (χ1n) is 9.89. The van der Waals surface area contributed by atoms with Crippen LogP contribution < -0.4 is 15.8 Å². The molecule has 2 aromatic carbocycles. The van der Waals surface area contributed by atoms with E-state index < -0.39 is 28.6 Å². The van der Waals surface area contributed by atoms with Crippen LogP contribution in [0.5, 0.6) is 5.75 Å². The molecule has 1 heterocycles. The number of fused-ring (bicyclic) bond motifs is 1. The van der Waals surface area contributed by atoms with Crippen molar-refractivity contribution >= 4 is 23.3 Å². The normalized spacial score (nSPS) is 16.5. The molecule has 0 aromatic heterocycles. The molecule has 164 valence electrons. The Morgan fingerprint density at radius 1 is 1.32 bits per heavy atom. The second-order valence-corrected chi connectivity index (χ2v) is 8.09. The van der Waals surface area contributed by atoms with E-state index in [1.165, 1.54) is 12.1 Å². The predicted molar refractivity (Wildman–Crippen MR) is 114 cm³/mol. The minimum atomic E-state index is -1.04. The Bertz CT molecular complexity index is 1020. The van der Waals surface area contributed by atoms with Gasteiger partial charge >= 0.3 is 5.97 Å². The predicted octanol–water partition coefficient (Wildman–Crippen LogP) is 3.27. The summed E-state index contributed by atoms with van der Waals surface area (Å²) in [6.45, 7) is 5.17. The highest BCUT2D eigenvalue weighted by Gasteiger charge is 2.29. The number of nitrogens with two attached hydrogens (primary N) is 1. The average Bonchev–Trinajstić information content (AvgIpc) is 2.72. The third kappa shape index (κ3) is 5.37. The number of hydrogen-bond acceptors (Lipinski definition) is 7. The van der Waals surface area contributed by atoms with Crippen LogP contribution in [0.4, 0.5) is 11.4 Å². The molecule has 0 fully saturated rings. The summed E-state index contributed by atoms with van der Waals surface area (Å²) >= 11 is 0. The fraction of sp³-hybridized carbons (Fsp3) is 0.364. The molecule has 0 saturated heterocycles. The number of nitrogens with zero attached hydrogens (tertiary/aromatic N) is 1. The molecule has 3 N–H and O–H groups in total. The van der Waals surface area contributed by atoms with Crippen molar-refractivity contribution < 1.29 is 24.0 Å². The Hall–Kier alpha value is -3.46. The van der Waals surface area contributed by atoms with Gasteiger partial charge in [-0.2, -0.15) is 0 Å². The highest BCUT2D eigenvalue weighted by Crippen LogP contribution is 2.32. The first-order valence-corrected chi connectivity index (χ1v) is 9.89. The van der Waals surface area contributed by atoms with Gasteiger partial charge in [0.25, 0.3) is 11.6 Å². The van der Waals surface area contributed by atoms with E-state index in [4.69, 9.17) is 15.2 Å². The Morgan fingerprint density at radius 2 is 2.06 bits per heavy atom. The molecule has 0 aliphatic carbocycles. The molecular weight excluding hydrogens is 402 g/mol. The minimum absolute atomic E-state index is 0.0206. The lowest BCUT2D eigenvalue weighted by atomic mass is 9.98. The number of rotatable bonds is 7. The molecule has 2 aromatic rings. The van der Waals surface area contributed by atoms with Gasteiger partial charge in [0.05, 0.1) is 10.6 Å². The van der Waals surface area contributed by atoms with Gasteiger partial charge in [-0.3, -0.25) is 14.9 Å². The number of benzene rings is 2. The van der Waals surface area contributed by atoms with Crippen LogP contribution in [0.15, 0.2) is 42.5 Å². The van der Waals surface area contributed by atoms with Crippen molar-refractivity contribution in [1.29, 1.82) is 0 Å². The van der Waals surface area contributed by atoms with Gasteiger partial charge < -0.3 is 20.5 Å². The lowest BCUT2D eigenvalue weighted by Gasteiger charge is -2.28. The van der Waals surface area contributed by atoms with Gasteiger partial charge in [-0.05, 0) is 56.9 Å². The Kier molecular flexibility index (Phi) is 6.26. The first-order chi connectivity index (χ1) is 14.6. The molecule has 31 heavy (non-hydrogen) atoms. The SMILES string of the molecule is CC1Oc2ccc(C(N)C(=O)OC(C)(C)CCc3cccc([N+](=O)[O-])c3)cc2NC1=O. The van der Waals surface area contributed by atoms with Gasteiger partial charge in [0.15, 0.2) is 6.10 Å². The summed E-state index contributed by atoms with van der Waals surface area (Å²) in [6.07, 6.45) is 0.361. The quantitative estimate of drug-likeness (QED) is 0.393. The minimum Gasteiger partial charge on any atom is -0.479 e. The molecule has 1 aliphatic rings. The standard InChI is InChI=1S/C22H25N3O6/c1-13-20(26)24-17-12-15(7-8-18(17)30-13)19(23)21(27)31-22(2,3)10-9-14-5-4-6-16(11-14)25(28)29/h4-8,11-13,19H,9-10,23H2,1-3H3,(H,24,26). The maximum Gasteiger partial charge on any atom is 0.328 e. The number of nitro groups is 1. The molecule has 0 saturated carbocycles.